The van der Waals surface area contributed by atoms with Crippen molar-refractivity contribution in [1.29, 1.82) is 0 Å². The smallest absolute Gasteiger partial charge is 0.348 e. The van der Waals surface area contributed by atoms with Crippen molar-refractivity contribution < 1.29 is 29.3 Å². The fraction of sp³-hybridized carbons (Fsp3) is 0.125. The van der Waals surface area contributed by atoms with Crippen LogP contribution in [0.2, 0.25) is 15.1 Å². The molecule has 0 saturated carbocycles. The molecule has 0 unspecified atom stereocenters. The number of cyclic esters (lactones) is 2. The highest BCUT2D eigenvalue weighted by atomic mass is 35.6. The van der Waals surface area contributed by atoms with Crippen LogP contribution in [0, 0.1) is 0 Å². The highest BCUT2D eigenvalue weighted by molar-refractivity contribution is 6.74. The third-order valence-electron chi connectivity index (χ3n) is 5.56. The third kappa shape index (κ3) is 6.04. The molecule has 0 bridgehead atoms. The van der Waals surface area contributed by atoms with Gasteiger partial charge in [0.1, 0.15) is 16.9 Å². The fourth-order valence-electron chi connectivity index (χ4n) is 3.81. The number of rotatable bonds is 3. The zero-order valence-electron chi connectivity index (χ0n) is 18.9. The van der Waals surface area contributed by atoms with Gasteiger partial charge < -0.3 is 14.9 Å². The molecule has 0 radical (unpaired) electrons. The van der Waals surface area contributed by atoms with Crippen molar-refractivity contribution >= 4 is 133 Å². The van der Waals surface area contributed by atoms with Gasteiger partial charge in [0.2, 0.25) is 7.59 Å². The number of ether oxygens (including phenoxy) is 1. The summed E-state index contributed by atoms with van der Waals surface area (Å²) in [6.07, 6.45) is 0. The number of benzene rings is 3. The molecule has 40 heavy (non-hydrogen) atoms. The molecule has 3 aromatic carbocycles. The van der Waals surface area contributed by atoms with E-state index in [1.807, 2.05) is 0 Å². The van der Waals surface area contributed by atoms with Crippen molar-refractivity contribution in [2.24, 2.45) is 0 Å². The number of carbonyl (C=O) groups is 3. The van der Waals surface area contributed by atoms with Crippen LogP contribution in [0.5, 0.6) is 11.5 Å². The molecule has 0 saturated heterocycles. The molecule has 0 aromatic heterocycles. The van der Waals surface area contributed by atoms with Crippen molar-refractivity contribution in [2.75, 3.05) is 0 Å². The van der Waals surface area contributed by atoms with Gasteiger partial charge in [0, 0.05) is 0 Å². The summed E-state index contributed by atoms with van der Waals surface area (Å²) in [7, 11) is 0. The highest BCUT2D eigenvalue weighted by Gasteiger charge is 2.63. The molecule has 3 aromatic rings. The van der Waals surface area contributed by atoms with E-state index in [0.29, 0.717) is 11.1 Å². The minimum Gasteiger partial charge on any atom is -0.508 e. The number of alkyl halides is 6. The SMILES string of the molecule is O=C(Cl)c1c(Cl)c(Cl)c2c(c1Cl)C(=O)OC2=O.Oc1ccc(C(c2ccc(O)cc2)(C(Cl)(Cl)Cl)C(Cl)(Cl)Cl)cc1. The molecule has 1 aliphatic heterocycles. The van der Waals surface area contributed by atoms with Crippen LogP contribution in [-0.4, -0.2) is 35.0 Å². The number of carbonyl (C=O) groups excluding carboxylic acids is 3. The van der Waals surface area contributed by atoms with Crippen molar-refractivity contribution in [2.45, 2.75) is 13.0 Å². The van der Waals surface area contributed by atoms with E-state index in [1.165, 1.54) is 48.5 Å². The quantitative estimate of drug-likeness (QED) is 0.0911. The van der Waals surface area contributed by atoms with Gasteiger partial charge in [-0.15, -0.1) is 0 Å². The van der Waals surface area contributed by atoms with E-state index in [2.05, 4.69) is 4.74 Å². The molecule has 2 N–H and O–H groups in total. The lowest BCUT2D eigenvalue weighted by atomic mass is 9.76. The summed E-state index contributed by atoms with van der Waals surface area (Å²) in [5.74, 6) is -1.93. The first-order valence-electron chi connectivity index (χ1n) is 10.3. The van der Waals surface area contributed by atoms with Gasteiger partial charge in [0.05, 0.1) is 31.8 Å². The lowest BCUT2D eigenvalue weighted by Gasteiger charge is -2.45. The number of fused-ring (bicyclic) bond motifs is 1. The van der Waals surface area contributed by atoms with Gasteiger partial charge in [-0.3, -0.25) is 4.79 Å². The number of phenols is 2. The molecular formula is C24H10Cl10O6. The molecule has 1 heterocycles. The van der Waals surface area contributed by atoms with Crippen LogP contribution in [0.3, 0.4) is 0 Å². The minimum atomic E-state index is -2.05. The molecule has 0 spiro atoms. The molecule has 1 aliphatic rings. The summed E-state index contributed by atoms with van der Waals surface area (Å²) >= 11 is 60.0. The average molecular weight is 749 g/mol. The second-order valence-electron chi connectivity index (χ2n) is 7.86. The Kier molecular flexibility index (Phi) is 10.3. The van der Waals surface area contributed by atoms with Gasteiger partial charge in [0.25, 0.3) is 5.24 Å². The Morgan fingerprint density at radius 3 is 1.30 bits per heavy atom. The Labute approximate surface area is 276 Å². The van der Waals surface area contributed by atoms with E-state index in [4.69, 9.17) is 116 Å². The van der Waals surface area contributed by atoms with Crippen molar-refractivity contribution in [3.63, 3.8) is 0 Å². The second kappa shape index (κ2) is 12.3. The molecule has 16 heteroatoms. The second-order valence-corrected chi connectivity index (χ2v) is 13.9. The van der Waals surface area contributed by atoms with Gasteiger partial charge >= 0.3 is 11.9 Å². The molecule has 0 fully saturated rings. The number of esters is 2. The van der Waals surface area contributed by atoms with Crippen LogP contribution in [0.15, 0.2) is 48.5 Å². The molecule has 6 nitrogen and oxygen atoms in total. The van der Waals surface area contributed by atoms with Gasteiger partial charge in [0.15, 0.2) is 0 Å². The zero-order chi connectivity index (χ0) is 30.4. The van der Waals surface area contributed by atoms with E-state index in [9.17, 15) is 24.6 Å². The van der Waals surface area contributed by atoms with Crippen molar-refractivity contribution in [1.82, 2.24) is 0 Å². The Bertz CT molecular complexity index is 1430. The maximum absolute atomic E-state index is 11.4. The number of hydrogen-bond acceptors (Lipinski definition) is 6. The summed E-state index contributed by atoms with van der Waals surface area (Å²) in [5.41, 5.74) is -1.81. The van der Waals surface area contributed by atoms with Crippen LogP contribution in [0.25, 0.3) is 0 Å². The summed E-state index contributed by atoms with van der Waals surface area (Å²) in [5, 5.41) is 17.1. The monoisotopic (exact) mass is 744 g/mol. The Morgan fingerprint density at radius 1 is 0.625 bits per heavy atom. The first-order chi connectivity index (χ1) is 18.4. The molecular weight excluding hydrogens is 739 g/mol. The van der Waals surface area contributed by atoms with Gasteiger partial charge in [-0.05, 0) is 47.0 Å². The van der Waals surface area contributed by atoms with Crippen LogP contribution in [0.4, 0.5) is 0 Å². The van der Waals surface area contributed by atoms with E-state index < -0.39 is 30.2 Å². The predicted molar refractivity (Wildman–Crippen MR) is 159 cm³/mol. The Morgan fingerprint density at radius 2 is 0.975 bits per heavy atom. The van der Waals surface area contributed by atoms with E-state index >= 15 is 0 Å². The number of aromatic hydroxyl groups is 2. The summed E-state index contributed by atoms with van der Waals surface area (Å²) < 4.78 is 0.224. The maximum atomic E-state index is 11.4. The normalized spacial score (nSPS) is 13.3. The zero-order valence-corrected chi connectivity index (χ0v) is 26.5. The van der Waals surface area contributed by atoms with Gasteiger partial charge in [-0.25, -0.2) is 9.59 Å². The Hall–Kier alpha value is -1.03. The molecule has 0 amide bonds. The lowest BCUT2D eigenvalue weighted by molar-refractivity contribution is 0.0444. The number of phenolic OH excluding ortho intramolecular Hbond substituents is 2. The summed E-state index contributed by atoms with van der Waals surface area (Å²) in [4.78, 5) is 33.8. The predicted octanol–water partition coefficient (Wildman–Crippen LogP) is 9.46. The standard InChI is InChI=1S/C15H10Cl6O2.C9Cl4O4/c16-14(17,18)13(15(19,20)21,9-1-5-11(22)6-2-9)10-3-7-12(23)8-4-10;10-4-1-2(9(16)17-8(1)15)5(11)6(12)3(4)7(13)14/h1-8,22-23H;. The van der Waals surface area contributed by atoms with E-state index in [-0.39, 0.29) is 43.3 Å². The average Bonchev–Trinajstić information content (AvgIpc) is 3.13. The minimum absolute atomic E-state index is 0.0157. The maximum Gasteiger partial charge on any atom is 0.348 e. The van der Waals surface area contributed by atoms with Crippen LogP contribution < -0.4 is 0 Å². The van der Waals surface area contributed by atoms with Crippen LogP contribution in [0.1, 0.15) is 42.2 Å². The molecule has 212 valence electrons. The molecule has 0 aliphatic carbocycles. The third-order valence-corrected chi connectivity index (χ3v) is 8.68. The van der Waals surface area contributed by atoms with E-state index in [1.54, 1.807) is 0 Å². The lowest BCUT2D eigenvalue weighted by Crippen LogP contribution is -2.51. The largest absolute Gasteiger partial charge is 0.508 e. The van der Waals surface area contributed by atoms with Crippen molar-refractivity contribution in [3.05, 3.63) is 91.4 Å². The summed E-state index contributed by atoms with van der Waals surface area (Å²) in [6.45, 7) is 0. The topological polar surface area (TPSA) is 101 Å². The van der Waals surface area contributed by atoms with Gasteiger partial charge in [-0.1, -0.05) is 129 Å². The first kappa shape index (κ1) is 33.5. The van der Waals surface area contributed by atoms with Crippen LogP contribution in [-0.2, 0) is 10.2 Å². The fourth-order valence-corrected chi connectivity index (χ4v) is 7.63. The van der Waals surface area contributed by atoms with Crippen molar-refractivity contribution in [3.8, 4) is 11.5 Å². The number of hydrogen-bond donors (Lipinski definition) is 2. The van der Waals surface area contributed by atoms with Crippen LogP contribution >= 0.6 is 116 Å². The Balaban J connectivity index is 0.000000230. The first-order valence-corrected chi connectivity index (χ1v) is 14.0. The number of halogens is 10. The molecule has 4 rings (SSSR count). The van der Waals surface area contributed by atoms with E-state index in [0.717, 1.165) is 0 Å². The van der Waals surface area contributed by atoms with Gasteiger partial charge in [-0.2, -0.15) is 0 Å². The summed E-state index contributed by atoms with van der Waals surface area (Å²) in [6, 6.07) is 11.6. The highest BCUT2D eigenvalue weighted by Crippen LogP contribution is 2.62. The molecule has 0 atom stereocenters.